The summed E-state index contributed by atoms with van der Waals surface area (Å²) in [6.45, 7) is 4.22. The molecule has 0 aliphatic carbocycles. The highest BCUT2D eigenvalue weighted by molar-refractivity contribution is 5.93. The smallest absolute Gasteiger partial charge is 0.251 e. The second-order valence-corrected chi connectivity index (χ2v) is 9.21. The number of amides is 1. The number of rotatable bonds is 8. The molecule has 1 saturated heterocycles. The fourth-order valence-electron chi connectivity index (χ4n) is 4.84. The quantitative estimate of drug-likeness (QED) is 0.416. The van der Waals surface area contributed by atoms with E-state index in [1.807, 2.05) is 24.3 Å². The number of piperidine rings is 1. The van der Waals surface area contributed by atoms with Crippen LogP contribution < -0.4 is 5.32 Å². The van der Waals surface area contributed by atoms with Gasteiger partial charge in [-0.2, -0.15) is 0 Å². The van der Waals surface area contributed by atoms with Crippen LogP contribution in [0.25, 0.3) is 11.0 Å². The van der Waals surface area contributed by atoms with Crippen LogP contribution in [0.15, 0.2) is 73.1 Å². The van der Waals surface area contributed by atoms with Crippen LogP contribution in [-0.4, -0.2) is 51.5 Å². The zero-order valence-electron chi connectivity index (χ0n) is 19.7. The van der Waals surface area contributed by atoms with Crippen LogP contribution in [-0.2, 0) is 13.0 Å². The molecule has 0 radical (unpaired) electrons. The minimum atomic E-state index is -0.215. The van der Waals surface area contributed by atoms with Gasteiger partial charge in [0.15, 0.2) is 0 Å². The summed E-state index contributed by atoms with van der Waals surface area (Å²) in [5.74, 6) is 1.40. The number of fused-ring (bicyclic) bond motifs is 1. The van der Waals surface area contributed by atoms with E-state index in [0.29, 0.717) is 24.6 Å². The van der Waals surface area contributed by atoms with E-state index in [4.69, 9.17) is 4.98 Å². The number of benzene rings is 2. The number of carbonyl (C=O) groups is 1. The van der Waals surface area contributed by atoms with Crippen LogP contribution in [0.1, 0.15) is 34.6 Å². The van der Waals surface area contributed by atoms with Crippen molar-refractivity contribution >= 4 is 16.9 Å². The van der Waals surface area contributed by atoms with Gasteiger partial charge in [-0.1, -0.05) is 24.3 Å². The Morgan fingerprint density at radius 2 is 1.74 bits per heavy atom. The molecule has 0 saturated carbocycles. The lowest BCUT2D eigenvalue weighted by Crippen LogP contribution is -2.40. The molecule has 0 unspecified atom stereocenters. The van der Waals surface area contributed by atoms with E-state index >= 15 is 0 Å². The highest BCUT2D eigenvalue weighted by atomic mass is 19.1. The summed E-state index contributed by atoms with van der Waals surface area (Å²) in [6.07, 6.45) is 6.42. The molecule has 0 spiro atoms. The largest absolute Gasteiger partial charge is 0.351 e. The van der Waals surface area contributed by atoms with Gasteiger partial charge in [-0.3, -0.25) is 9.78 Å². The van der Waals surface area contributed by atoms with Crippen molar-refractivity contribution in [1.82, 2.24) is 24.8 Å². The van der Waals surface area contributed by atoms with Crippen molar-refractivity contribution in [2.75, 3.05) is 26.2 Å². The Hall–Kier alpha value is -3.58. The molecule has 3 heterocycles. The molecule has 1 aliphatic rings. The number of likely N-dealkylation sites (tertiary alicyclic amines) is 1. The third-order valence-electron chi connectivity index (χ3n) is 6.82. The predicted molar refractivity (Wildman–Crippen MR) is 135 cm³/mol. The van der Waals surface area contributed by atoms with Crippen LogP contribution in [0.4, 0.5) is 4.39 Å². The summed E-state index contributed by atoms with van der Waals surface area (Å²) in [7, 11) is 0. The van der Waals surface area contributed by atoms with E-state index in [0.717, 1.165) is 61.3 Å². The Kier molecular flexibility index (Phi) is 7.14. The van der Waals surface area contributed by atoms with Gasteiger partial charge >= 0.3 is 0 Å². The van der Waals surface area contributed by atoms with Crippen molar-refractivity contribution in [3.05, 3.63) is 95.8 Å². The summed E-state index contributed by atoms with van der Waals surface area (Å²) in [5.41, 5.74) is 3.84. The third-order valence-corrected chi connectivity index (χ3v) is 6.82. The first kappa shape index (κ1) is 23.2. The number of aromatic nitrogens is 3. The highest BCUT2D eigenvalue weighted by Gasteiger charge is 2.22. The summed E-state index contributed by atoms with van der Waals surface area (Å²) >= 11 is 0. The number of hydrogen-bond donors (Lipinski definition) is 1. The molecular formula is C28H30FN5O. The maximum absolute atomic E-state index is 13.4. The van der Waals surface area contributed by atoms with Crippen LogP contribution in [0.2, 0.25) is 0 Å². The summed E-state index contributed by atoms with van der Waals surface area (Å²) in [5, 5.41) is 3.00. The van der Waals surface area contributed by atoms with Gasteiger partial charge in [0, 0.05) is 44.0 Å². The molecule has 0 bridgehead atoms. The first-order valence-electron chi connectivity index (χ1n) is 12.2. The van der Waals surface area contributed by atoms with Crippen molar-refractivity contribution < 1.29 is 9.18 Å². The fraction of sp³-hybridized carbons (Fsp3) is 0.321. The number of imidazole rings is 1. The zero-order chi connectivity index (χ0) is 24.0. The standard InChI is InChI=1S/C28H30FN5O/c29-24-7-5-22(6-8-24)20-34-26-4-2-1-3-25(26)32-27(34)19-21-11-16-33(17-12-21)18-15-31-28(35)23-9-13-30-14-10-23/h1-10,13-14,21H,11-12,15-20H2,(H,31,35). The van der Waals surface area contributed by atoms with Crippen molar-refractivity contribution in [2.45, 2.75) is 25.8 Å². The Morgan fingerprint density at radius 1 is 1.00 bits per heavy atom. The molecule has 7 heteroatoms. The summed E-state index contributed by atoms with van der Waals surface area (Å²) < 4.78 is 15.7. The molecule has 35 heavy (non-hydrogen) atoms. The van der Waals surface area contributed by atoms with Gasteiger partial charge in [-0.05, 0) is 73.8 Å². The molecule has 6 nitrogen and oxygen atoms in total. The first-order chi connectivity index (χ1) is 17.2. The molecule has 1 fully saturated rings. The Labute approximate surface area is 204 Å². The molecular weight excluding hydrogens is 441 g/mol. The molecule has 2 aromatic carbocycles. The second kappa shape index (κ2) is 10.8. The van der Waals surface area contributed by atoms with E-state index in [1.165, 1.54) is 12.1 Å². The van der Waals surface area contributed by atoms with E-state index in [2.05, 4.69) is 31.9 Å². The Bertz CT molecular complexity index is 1260. The number of nitrogens with one attached hydrogen (secondary N) is 1. The van der Waals surface area contributed by atoms with Crippen LogP contribution in [0, 0.1) is 11.7 Å². The van der Waals surface area contributed by atoms with E-state index < -0.39 is 0 Å². The number of halogens is 1. The maximum Gasteiger partial charge on any atom is 0.251 e. The second-order valence-electron chi connectivity index (χ2n) is 9.21. The van der Waals surface area contributed by atoms with E-state index in [1.54, 1.807) is 24.5 Å². The first-order valence-corrected chi connectivity index (χ1v) is 12.2. The predicted octanol–water partition coefficient (Wildman–Crippen LogP) is 4.30. The minimum absolute atomic E-state index is 0.0534. The van der Waals surface area contributed by atoms with Crippen LogP contribution in [0.3, 0.4) is 0 Å². The topological polar surface area (TPSA) is 63.1 Å². The van der Waals surface area contributed by atoms with Crippen molar-refractivity contribution in [1.29, 1.82) is 0 Å². The van der Waals surface area contributed by atoms with Crippen molar-refractivity contribution in [3.8, 4) is 0 Å². The van der Waals surface area contributed by atoms with Crippen LogP contribution in [0.5, 0.6) is 0 Å². The number of para-hydroxylation sites is 2. The maximum atomic E-state index is 13.4. The van der Waals surface area contributed by atoms with Gasteiger partial charge in [0.05, 0.1) is 11.0 Å². The molecule has 180 valence electrons. The Balaban J connectivity index is 1.17. The van der Waals surface area contributed by atoms with Gasteiger partial charge < -0.3 is 14.8 Å². The summed E-state index contributed by atoms with van der Waals surface area (Å²) in [4.78, 5) is 23.5. The highest BCUT2D eigenvalue weighted by Crippen LogP contribution is 2.25. The average Bonchev–Trinajstić information content (AvgIpc) is 3.23. The third kappa shape index (κ3) is 5.74. The van der Waals surface area contributed by atoms with E-state index in [9.17, 15) is 9.18 Å². The van der Waals surface area contributed by atoms with E-state index in [-0.39, 0.29) is 11.7 Å². The van der Waals surface area contributed by atoms with Gasteiger partial charge in [0.25, 0.3) is 5.91 Å². The number of nitrogens with zero attached hydrogens (tertiary/aromatic N) is 4. The lowest BCUT2D eigenvalue weighted by atomic mass is 9.93. The molecule has 1 aliphatic heterocycles. The molecule has 2 aromatic heterocycles. The van der Waals surface area contributed by atoms with Crippen molar-refractivity contribution in [3.63, 3.8) is 0 Å². The lowest BCUT2D eigenvalue weighted by Gasteiger charge is -2.32. The fourth-order valence-corrected chi connectivity index (χ4v) is 4.84. The molecule has 1 N–H and O–H groups in total. The van der Waals surface area contributed by atoms with Crippen molar-refractivity contribution in [2.24, 2.45) is 5.92 Å². The average molecular weight is 472 g/mol. The van der Waals surface area contributed by atoms with Gasteiger partial charge in [0.2, 0.25) is 0 Å². The molecule has 1 amide bonds. The molecule has 0 atom stereocenters. The monoisotopic (exact) mass is 471 g/mol. The molecule has 4 aromatic rings. The lowest BCUT2D eigenvalue weighted by molar-refractivity contribution is 0.0943. The number of pyridine rings is 1. The number of carbonyl (C=O) groups excluding carboxylic acids is 1. The molecule has 5 rings (SSSR count). The van der Waals surface area contributed by atoms with Crippen LogP contribution >= 0.6 is 0 Å². The van der Waals surface area contributed by atoms with Gasteiger partial charge in [0.1, 0.15) is 11.6 Å². The van der Waals surface area contributed by atoms with Gasteiger partial charge in [-0.15, -0.1) is 0 Å². The SMILES string of the molecule is O=C(NCCN1CCC(Cc2nc3ccccc3n2Cc2ccc(F)cc2)CC1)c1ccncc1. The summed E-state index contributed by atoms with van der Waals surface area (Å²) in [6, 6.07) is 18.4. The normalized spacial score (nSPS) is 14.9. The minimum Gasteiger partial charge on any atom is -0.351 e. The Morgan fingerprint density at radius 3 is 2.51 bits per heavy atom. The van der Waals surface area contributed by atoms with Gasteiger partial charge in [-0.25, -0.2) is 9.37 Å². The number of hydrogen-bond acceptors (Lipinski definition) is 4. The zero-order valence-corrected chi connectivity index (χ0v) is 19.7.